The van der Waals surface area contributed by atoms with Gasteiger partial charge in [-0.25, -0.2) is 8.78 Å². The fourth-order valence-corrected chi connectivity index (χ4v) is 3.99. The van der Waals surface area contributed by atoms with Crippen LogP contribution < -0.4 is 0 Å². The minimum atomic E-state index is -1.68. The first-order valence-electron chi connectivity index (χ1n) is 10.0. The van der Waals surface area contributed by atoms with Gasteiger partial charge in [0.05, 0.1) is 0 Å². The van der Waals surface area contributed by atoms with Crippen LogP contribution in [-0.4, -0.2) is 69.8 Å². The predicted octanol–water partition coefficient (Wildman–Crippen LogP) is 4.08. The number of aliphatic hydroxyl groups excluding tert-OH is 1. The van der Waals surface area contributed by atoms with E-state index in [0.29, 0.717) is 31.4 Å². The van der Waals surface area contributed by atoms with Crippen LogP contribution in [0.1, 0.15) is 65.2 Å². The number of aliphatic hydroxyl groups is 1. The fourth-order valence-electron chi connectivity index (χ4n) is 3.99. The summed E-state index contributed by atoms with van der Waals surface area (Å²) >= 11 is 0. The Morgan fingerprint density at radius 3 is 2.75 bits per heavy atom. The molecule has 2 unspecified atom stereocenters. The van der Waals surface area contributed by atoms with E-state index in [2.05, 4.69) is 0 Å². The average molecular weight is 410 g/mol. The molecule has 0 aromatic heterocycles. The van der Waals surface area contributed by atoms with Crippen LogP contribution in [0.2, 0.25) is 0 Å². The number of hydrogen-bond acceptors (Lipinski definition) is 3. The number of halogens is 2. The van der Waals surface area contributed by atoms with Crippen LogP contribution in [0.3, 0.4) is 0 Å². The van der Waals surface area contributed by atoms with Gasteiger partial charge >= 0.3 is 35.5 Å². The molecule has 0 aromatic carbocycles. The Morgan fingerprint density at radius 1 is 1.39 bits per heavy atom. The van der Waals surface area contributed by atoms with Gasteiger partial charge in [-0.2, -0.15) is 0 Å². The number of allylic oxidation sites excluding steroid dienone is 3. The predicted molar refractivity (Wildman–Crippen MR) is 107 cm³/mol. The van der Waals surface area contributed by atoms with Gasteiger partial charge in [-0.15, -0.1) is 0 Å². The van der Waals surface area contributed by atoms with Gasteiger partial charge in [0.1, 0.15) is 23.6 Å². The van der Waals surface area contributed by atoms with Gasteiger partial charge in [-0.3, -0.25) is 4.79 Å². The summed E-state index contributed by atoms with van der Waals surface area (Å²) < 4.78 is 35.1. The molecule has 7 heteroatoms. The monoisotopic (exact) mass is 410 g/mol. The maximum atomic E-state index is 14.8. The normalized spacial score (nSPS) is 31.2. The molecule has 156 valence electrons. The zero-order chi connectivity index (χ0) is 20.0. The van der Waals surface area contributed by atoms with Gasteiger partial charge in [-0.05, 0) is 51.0 Å². The van der Waals surface area contributed by atoms with Crippen molar-refractivity contribution in [3.8, 4) is 0 Å². The second kappa shape index (κ2) is 11.7. The summed E-state index contributed by atoms with van der Waals surface area (Å²) in [6.07, 6.45) is 6.58. The fraction of sp³-hybridized carbons (Fsp3) is 0.762. The Labute approximate surface area is 188 Å². The minimum absolute atomic E-state index is 0. The van der Waals surface area contributed by atoms with E-state index in [1.54, 1.807) is 12.2 Å². The molecule has 28 heavy (non-hydrogen) atoms. The van der Waals surface area contributed by atoms with Gasteiger partial charge in [-0.1, -0.05) is 31.9 Å². The van der Waals surface area contributed by atoms with Crippen molar-refractivity contribution in [2.24, 2.45) is 11.8 Å². The summed E-state index contributed by atoms with van der Waals surface area (Å²) in [6, 6.07) is 0. The van der Waals surface area contributed by atoms with E-state index in [-0.39, 0.29) is 53.9 Å². The molecule has 2 fully saturated rings. The molecule has 1 saturated heterocycles. The standard InChI is InChI=1S/C21H32F2O4.Na.H/c1-3-4-13-21(2,23)17(24)12-10-14-9-11-15-19(14)20(22)16(27-15)7-5-6-8-18(25)26;;/h7,10,12,14-15,17,19-20,24H,3-6,8-9,11,13H2,1-2H3,(H,25,26);;/b12-10+,16-7-;;/t14-,15+,17-,19-,20?,21?;;/m1../s1. The Balaban J connectivity index is 0.00000392. The van der Waals surface area contributed by atoms with Gasteiger partial charge in [0.25, 0.3) is 0 Å². The van der Waals surface area contributed by atoms with Crippen LogP contribution in [0.15, 0.2) is 24.0 Å². The number of carbonyl (C=O) groups is 1. The molecule has 1 aliphatic carbocycles. The van der Waals surface area contributed by atoms with Crippen molar-refractivity contribution in [2.45, 2.75) is 89.3 Å². The SMILES string of the molecule is CCCCC(C)(F)[C@H](O)/C=C/[C@H]1CC[C@@H]2O/C(=C\CCCC(=O)O)C(F)[C@@H]21.[NaH]. The van der Waals surface area contributed by atoms with Crippen LogP contribution in [-0.2, 0) is 9.53 Å². The zero-order valence-electron chi connectivity index (χ0n) is 16.2. The van der Waals surface area contributed by atoms with Gasteiger partial charge < -0.3 is 14.9 Å². The molecular weight excluding hydrogens is 377 g/mol. The first-order valence-corrected chi connectivity index (χ1v) is 10.0. The van der Waals surface area contributed by atoms with Crippen LogP contribution in [0, 0.1) is 11.8 Å². The molecular formula is C21H33F2NaO4. The quantitative estimate of drug-likeness (QED) is 0.324. The number of aliphatic carboxylic acids is 1. The van der Waals surface area contributed by atoms with Crippen molar-refractivity contribution in [1.82, 2.24) is 0 Å². The second-order valence-corrected chi connectivity index (χ2v) is 7.98. The van der Waals surface area contributed by atoms with E-state index in [9.17, 15) is 18.7 Å². The zero-order valence-corrected chi connectivity index (χ0v) is 16.2. The second-order valence-electron chi connectivity index (χ2n) is 7.98. The number of alkyl halides is 2. The molecule has 1 saturated carbocycles. The Morgan fingerprint density at radius 2 is 2.11 bits per heavy atom. The summed E-state index contributed by atoms with van der Waals surface area (Å²) in [5.74, 6) is -0.975. The number of hydrogen-bond donors (Lipinski definition) is 2. The third-order valence-electron chi connectivity index (χ3n) is 5.72. The molecule has 2 rings (SSSR count). The molecule has 0 radical (unpaired) electrons. The summed E-state index contributed by atoms with van der Waals surface area (Å²) in [6.45, 7) is 3.38. The maximum absolute atomic E-state index is 14.8. The van der Waals surface area contributed by atoms with Crippen molar-refractivity contribution in [3.05, 3.63) is 24.0 Å². The molecule has 2 N–H and O–H groups in total. The number of carboxylic acid groups (broad SMARTS) is 1. The molecule has 0 bridgehead atoms. The molecule has 1 heterocycles. The summed E-state index contributed by atoms with van der Waals surface area (Å²) in [5.41, 5.74) is -1.68. The van der Waals surface area contributed by atoms with E-state index in [1.165, 1.54) is 13.0 Å². The van der Waals surface area contributed by atoms with Crippen molar-refractivity contribution in [2.75, 3.05) is 0 Å². The third-order valence-corrected chi connectivity index (χ3v) is 5.72. The van der Waals surface area contributed by atoms with Crippen LogP contribution in [0.25, 0.3) is 0 Å². The Hall–Kier alpha value is -0.430. The molecule has 2 aliphatic rings. The van der Waals surface area contributed by atoms with E-state index >= 15 is 0 Å². The molecule has 4 nitrogen and oxygen atoms in total. The molecule has 0 aromatic rings. The summed E-state index contributed by atoms with van der Waals surface area (Å²) in [7, 11) is 0. The van der Waals surface area contributed by atoms with Crippen LogP contribution >= 0.6 is 0 Å². The van der Waals surface area contributed by atoms with Crippen molar-refractivity contribution in [1.29, 1.82) is 0 Å². The Kier molecular flexibility index (Phi) is 10.7. The molecule has 6 atom stereocenters. The first-order chi connectivity index (χ1) is 12.8. The number of fused-ring (bicyclic) bond motifs is 1. The number of carboxylic acids is 1. The number of ether oxygens (including phenoxy) is 1. The van der Waals surface area contributed by atoms with E-state index < -0.39 is 23.9 Å². The topological polar surface area (TPSA) is 66.8 Å². The van der Waals surface area contributed by atoms with Crippen LogP contribution in [0.4, 0.5) is 8.78 Å². The average Bonchev–Trinajstić information content (AvgIpc) is 3.15. The molecule has 0 amide bonds. The number of unbranched alkanes of at least 4 members (excludes halogenated alkanes) is 2. The number of rotatable bonds is 10. The van der Waals surface area contributed by atoms with Crippen LogP contribution in [0.5, 0.6) is 0 Å². The van der Waals surface area contributed by atoms with Gasteiger partial charge in [0.2, 0.25) is 0 Å². The van der Waals surface area contributed by atoms with Crippen molar-refractivity contribution in [3.63, 3.8) is 0 Å². The summed E-state index contributed by atoms with van der Waals surface area (Å²) in [4.78, 5) is 10.5. The van der Waals surface area contributed by atoms with Crippen molar-refractivity contribution >= 4 is 35.5 Å². The van der Waals surface area contributed by atoms with E-state index in [1.807, 2.05) is 6.92 Å². The van der Waals surface area contributed by atoms with Gasteiger partial charge in [0.15, 0.2) is 6.17 Å². The molecule has 0 spiro atoms. The third kappa shape index (κ3) is 6.82. The van der Waals surface area contributed by atoms with E-state index in [0.717, 1.165) is 19.3 Å². The van der Waals surface area contributed by atoms with Gasteiger partial charge in [0, 0.05) is 12.3 Å². The summed E-state index contributed by atoms with van der Waals surface area (Å²) in [5, 5.41) is 18.8. The molecule has 1 aliphatic heterocycles. The van der Waals surface area contributed by atoms with E-state index in [4.69, 9.17) is 9.84 Å². The Bertz CT molecular complexity index is 565. The van der Waals surface area contributed by atoms with Crippen molar-refractivity contribution < 1.29 is 28.5 Å². The first kappa shape index (κ1) is 25.6.